The molecule has 1 aromatic carbocycles. The number of hydrogen-bond donors (Lipinski definition) is 1. The summed E-state index contributed by atoms with van der Waals surface area (Å²) in [5.74, 6) is 0.646. The van der Waals surface area contributed by atoms with Crippen molar-refractivity contribution in [2.45, 2.75) is 38.5 Å². The van der Waals surface area contributed by atoms with Crippen LogP contribution in [0.4, 0.5) is 9.18 Å². The lowest BCUT2D eigenvalue weighted by atomic mass is 10.0. The molecule has 0 aromatic heterocycles. The molecular weight excluding hydrogens is 540 g/mol. The number of guanidine groups is 1. The van der Waals surface area contributed by atoms with Crippen LogP contribution >= 0.6 is 24.0 Å². The standard InChI is InChI=1S/C23H34FN5O3.HI/c1-23(2,3)32-22(30)28-8-9-29-19(16-28)14-25-21(29)26-15-20(27-10-12-31-13-11-27)17-4-6-18(24)7-5-17;/h4-7,19-20H,8-16H2,1-3H3,(H,25,26);1H. The molecule has 10 heteroatoms. The minimum atomic E-state index is -0.498. The molecule has 184 valence electrons. The number of carbonyl (C=O) groups is 1. The molecule has 4 rings (SSSR count). The topological polar surface area (TPSA) is 69.6 Å². The van der Waals surface area contributed by atoms with Crippen molar-refractivity contribution in [2.75, 3.05) is 59.0 Å². The number of carbonyl (C=O) groups excluding carboxylic acids is 1. The predicted molar refractivity (Wildman–Crippen MR) is 136 cm³/mol. The van der Waals surface area contributed by atoms with Crippen LogP contribution in [0.2, 0.25) is 0 Å². The minimum absolute atomic E-state index is 0. The van der Waals surface area contributed by atoms with E-state index in [1.54, 1.807) is 4.90 Å². The van der Waals surface area contributed by atoms with Gasteiger partial charge in [0.2, 0.25) is 0 Å². The Hall–Kier alpha value is -1.66. The lowest BCUT2D eigenvalue weighted by Crippen LogP contribution is -2.58. The third-order valence-corrected chi connectivity index (χ3v) is 6.05. The fourth-order valence-corrected chi connectivity index (χ4v) is 4.44. The summed E-state index contributed by atoms with van der Waals surface area (Å²) in [4.78, 5) is 23.6. The quantitative estimate of drug-likeness (QED) is 0.558. The normalized spacial score (nSPS) is 22.2. The van der Waals surface area contributed by atoms with E-state index in [0.717, 1.165) is 24.6 Å². The summed E-state index contributed by atoms with van der Waals surface area (Å²) in [7, 11) is 0. The first-order valence-electron chi connectivity index (χ1n) is 11.4. The lowest BCUT2D eigenvalue weighted by molar-refractivity contribution is 0.0129. The van der Waals surface area contributed by atoms with E-state index in [-0.39, 0.29) is 48.0 Å². The number of aliphatic imine (C=N–C) groups is 1. The zero-order valence-electron chi connectivity index (χ0n) is 19.6. The van der Waals surface area contributed by atoms with Gasteiger partial charge in [0.15, 0.2) is 5.96 Å². The summed E-state index contributed by atoms with van der Waals surface area (Å²) < 4.78 is 24.5. The molecular formula is C23H35FIN5O3. The summed E-state index contributed by atoms with van der Waals surface area (Å²) in [6.45, 7) is 12.0. The van der Waals surface area contributed by atoms with E-state index in [1.807, 2.05) is 32.9 Å². The Morgan fingerprint density at radius 2 is 1.91 bits per heavy atom. The number of fused-ring (bicyclic) bond motifs is 1. The Bertz CT molecular complexity index is 826. The van der Waals surface area contributed by atoms with E-state index < -0.39 is 5.60 Å². The fourth-order valence-electron chi connectivity index (χ4n) is 4.44. The molecule has 3 heterocycles. The lowest BCUT2D eigenvalue weighted by Gasteiger charge is -2.40. The number of amides is 1. The number of hydrogen-bond acceptors (Lipinski definition) is 7. The van der Waals surface area contributed by atoms with Crippen molar-refractivity contribution < 1.29 is 18.7 Å². The average molecular weight is 575 g/mol. The summed E-state index contributed by atoms with van der Waals surface area (Å²) in [6, 6.07) is 7.01. The zero-order valence-corrected chi connectivity index (χ0v) is 22.0. The predicted octanol–water partition coefficient (Wildman–Crippen LogP) is 2.70. The van der Waals surface area contributed by atoms with Crippen LogP contribution in [0.15, 0.2) is 29.3 Å². The molecule has 3 aliphatic rings. The number of rotatable bonds is 4. The highest BCUT2D eigenvalue weighted by Gasteiger charge is 2.36. The highest BCUT2D eigenvalue weighted by molar-refractivity contribution is 14.0. The minimum Gasteiger partial charge on any atom is -0.444 e. The SMILES string of the molecule is CC(C)(C)OC(=O)N1CCN2C(NCC(c3ccc(F)cc3)N3CCOCC3)=NCC2C1.I. The molecule has 2 fully saturated rings. The first kappa shape index (κ1) is 26.0. The van der Waals surface area contributed by atoms with E-state index >= 15 is 0 Å². The first-order chi connectivity index (χ1) is 15.3. The Kier molecular flexibility index (Phi) is 8.79. The Labute approximate surface area is 212 Å². The molecule has 3 aliphatic heterocycles. The molecule has 0 spiro atoms. The summed E-state index contributed by atoms with van der Waals surface area (Å²) >= 11 is 0. The average Bonchev–Trinajstić information content (AvgIpc) is 3.17. The van der Waals surface area contributed by atoms with Gasteiger partial charge in [-0.15, -0.1) is 24.0 Å². The summed E-state index contributed by atoms with van der Waals surface area (Å²) in [5.41, 5.74) is 0.577. The van der Waals surface area contributed by atoms with Gasteiger partial charge in [0.25, 0.3) is 0 Å². The highest BCUT2D eigenvalue weighted by Crippen LogP contribution is 2.23. The van der Waals surface area contributed by atoms with Gasteiger partial charge in [0.05, 0.1) is 31.8 Å². The summed E-state index contributed by atoms with van der Waals surface area (Å²) in [5, 5.41) is 3.54. The van der Waals surface area contributed by atoms with Crippen LogP contribution in [0.1, 0.15) is 32.4 Å². The summed E-state index contributed by atoms with van der Waals surface area (Å²) in [6.07, 6.45) is -0.262. The molecule has 0 radical (unpaired) electrons. The van der Waals surface area contributed by atoms with Gasteiger partial charge in [-0.25, -0.2) is 9.18 Å². The van der Waals surface area contributed by atoms with Crippen molar-refractivity contribution in [3.05, 3.63) is 35.6 Å². The van der Waals surface area contributed by atoms with Crippen molar-refractivity contribution in [3.8, 4) is 0 Å². The molecule has 1 N–H and O–H groups in total. The molecule has 2 unspecified atom stereocenters. The van der Waals surface area contributed by atoms with Gasteiger partial charge in [0, 0.05) is 39.3 Å². The van der Waals surface area contributed by atoms with Gasteiger partial charge >= 0.3 is 6.09 Å². The Morgan fingerprint density at radius 3 is 2.58 bits per heavy atom. The van der Waals surface area contributed by atoms with Crippen LogP contribution in [0.25, 0.3) is 0 Å². The number of ether oxygens (including phenoxy) is 2. The molecule has 1 aromatic rings. The molecule has 0 bridgehead atoms. The van der Waals surface area contributed by atoms with Gasteiger partial charge < -0.3 is 24.6 Å². The van der Waals surface area contributed by atoms with Crippen molar-refractivity contribution >= 4 is 36.0 Å². The second-order valence-corrected chi connectivity index (χ2v) is 9.53. The van der Waals surface area contributed by atoms with E-state index in [9.17, 15) is 9.18 Å². The van der Waals surface area contributed by atoms with Crippen LogP contribution in [-0.4, -0.2) is 97.4 Å². The van der Waals surface area contributed by atoms with Crippen LogP contribution in [0.3, 0.4) is 0 Å². The largest absolute Gasteiger partial charge is 0.444 e. The van der Waals surface area contributed by atoms with Crippen molar-refractivity contribution in [2.24, 2.45) is 4.99 Å². The van der Waals surface area contributed by atoms with Crippen LogP contribution in [0.5, 0.6) is 0 Å². The molecule has 2 atom stereocenters. The maximum Gasteiger partial charge on any atom is 0.410 e. The molecule has 0 aliphatic carbocycles. The molecule has 1 amide bonds. The number of nitrogens with one attached hydrogen (secondary N) is 1. The molecule has 33 heavy (non-hydrogen) atoms. The first-order valence-corrected chi connectivity index (χ1v) is 11.4. The van der Waals surface area contributed by atoms with Gasteiger partial charge in [-0.3, -0.25) is 9.89 Å². The maximum atomic E-state index is 13.5. The Morgan fingerprint density at radius 1 is 1.21 bits per heavy atom. The van der Waals surface area contributed by atoms with Gasteiger partial charge in [-0.1, -0.05) is 12.1 Å². The van der Waals surface area contributed by atoms with E-state index in [4.69, 9.17) is 14.5 Å². The van der Waals surface area contributed by atoms with E-state index in [1.165, 1.54) is 12.1 Å². The van der Waals surface area contributed by atoms with Crippen molar-refractivity contribution in [1.29, 1.82) is 0 Å². The molecule has 2 saturated heterocycles. The molecule has 0 saturated carbocycles. The highest BCUT2D eigenvalue weighted by atomic mass is 127. The van der Waals surface area contributed by atoms with Crippen LogP contribution in [-0.2, 0) is 9.47 Å². The van der Waals surface area contributed by atoms with Gasteiger partial charge in [-0.05, 0) is 38.5 Å². The third-order valence-electron chi connectivity index (χ3n) is 6.05. The van der Waals surface area contributed by atoms with Gasteiger partial charge in [-0.2, -0.15) is 0 Å². The number of halogens is 2. The second-order valence-electron chi connectivity index (χ2n) is 9.53. The number of benzene rings is 1. The fraction of sp³-hybridized carbons (Fsp3) is 0.652. The van der Waals surface area contributed by atoms with Crippen molar-refractivity contribution in [1.82, 2.24) is 20.0 Å². The van der Waals surface area contributed by atoms with E-state index in [2.05, 4.69) is 15.1 Å². The number of piperazine rings is 1. The van der Waals surface area contributed by atoms with E-state index in [0.29, 0.717) is 45.9 Å². The molecule has 8 nitrogen and oxygen atoms in total. The van der Waals surface area contributed by atoms with Gasteiger partial charge in [0.1, 0.15) is 11.4 Å². The zero-order chi connectivity index (χ0) is 22.7. The number of nitrogens with zero attached hydrogens (tertiary/aromatic N) is 4. The van der Waals surface area contributed by atoms with Crippen LogP contribution in [0, 0.1) is 5.82 Å². The third kappa shape index (κ3) is 6.69. The maximum absolute atomic E-state index is 13.5. The Balaban J connectivity index is 0.00000306. The smallest absolute Gasteiger partial charge is 0.410 e. The van der Waals surface area contributed by atoms with Crippen LogP contribution < -0.4 is 5.32 Å². The second kappa shape index (κ2) is 11.2. The number of morpholine rings is 1. The van der Waals surface area contributed by atoms with Crippen molar-refractivity contribution in [3.63, 3.8) is 0 Å². The monoisotopic (exact) mass is 575 g/mol.